The van der Waals surface area contributed by atoms with Crippen molar-refractivity contribution in [2.24, 2.45) is 0 Å². The van der Waals surface area contributed by atoms with Crippen molar-refractivity contribution >= 4 is 11.8 Å². The Hall–Kier alpha value is -3.68. The highest BCUT2D eigenvalue weighted by Gasteiger charge is 2.22. The fourth-order valence-corrected chi connectivity index (χ4v) is 4.20. The Labute approximate surface area is 204 Å². The van der Waals surface area contributed by atoms with Crippen LogP contribution in [0.15, 0.2) is 59.1 Å². The van der Waals surface area contributed by atoms with Gasteiger partial charge in [-0.05, 0) is 42.7 Å². The summed E-state index contributed by atoms with van der Waals surface area (Å²) in [5.74, 6) is 1.29. The van der Waals surface area contributed by atoms with Gasteiger partial charge in [0.05, 0.1) is 18.9 Å². The highest BCUT2D eigenvalue weighted by Crippen LogP contribution is 2.23. The van der Waals surface area contributed by atoms with Crippen molar-refractivity contribution in [2.75, 3.05) is 33.3 Å². The van der Waals surface area contributed by atoms with Crippen molar-refractivity contribution in [3.8, 4) is 17.1 Å². The minimum Gasteiger partial charge on any atom is -0.497 e. The fourth-order valence-electron chi connectivity index (χ4n) is 4.20. The van der Waals surface area contributed by atoms with Crippen molar-refractivity contribution in [2.45, 2.75) is 32.1 Å². The van der Waals surface area contributed by atoms with Gasteiger partial charge >= 0.3 is 0 Å². The summed E-state index contributed by atoms with van der Waals surface area (Å²) in [5, 5.41) is 0. The van der Waals surface area contributed by atoms with Crippen LogP contribution in [0.25, 0.3) is 11.3 Å². The molecule has 0 bridgehead atoms. The second-order valence-electron chi connectivity index (χ2n) is 8.56. The van der Waals surface area contributed by atoms with E-state index in [0.717, 1.165) is 17.7 Å². The van der Waals surface area contributed by atoms with E-state index in [1.807, 2.05) is 29.2 Å². The smallest absolute Gasteiger partial charge is 0.223 e. The number of amides is 2. The molecule has 2 aromatic carbocycles. The van der Waals surface area contributed by atoms with E-state index in [1.165, 1.54) is 12.3 Å². The molecule has 1 saturated heterocycles. The standard InChI is InChI=1S/C27H30FN3O4/c1-34-21-10-7-20(8-11-21)9-13-26(32)30-15-4-16-31(18-17-30)27(33)14-12-25-29-19-24(35-25)22-5-2-3-6-23(22)28/h2-3,5-8,10-11,19H,4,9,12-18H2,1H3. The lowest BCUT2D eigenvalue weighted by Gasteiger charge is -2.22. The molecule has 1 aliphatic heterocycles. The van der Waals surface area contributed by atoms with Crippen molar-refractivity contribution in [3.05, 3.63) is 72.0 Å². The van der Waals surface area contributed by atoms with Crippen LogP contribution < -0.4 is 4.74 Å². The molecule has 7 nitrogen and oxygen atoms in total. The number of halogens is 1. The third-order valence-corrected chi connectivity index (χ3v) is 6.23. The van der Waals surface area contributed by atoms with Crippen LogP contribution in [0.2, 0.25) is 0 Å². The van der Waals surface area contributed by atoms with Crippen LogP contribution in [0, 0.1) is 5.82 Å². The number of hydrogen-bond donors (Lipinski definition) is 0. The third-order valence-electron chi connectivity index (χ3n) is 6.23. The van der Waals surface area contributed by atoms with Crippen LogP contribution in [0.4, 0.5) is 4.39 Å². The normalized spacial score (nSPS) is 14.0. The summed E-state index contributed by atoms with van der Waals surface area (Å²) < 4.78 is 24.8. The van der Waals surface area contributed by atoms with E-state index in [4.69, 9.17) is 9.15 Å². The largest absolute Gasteiger partial charge is 0.497 e. The number of aryl methyl sites for hydroxylation is 2. The first-order valence-electron chi connectivity index (χ1n) is 11.9. The van der Waals surface area contributed by atoms with Crippen LogP contribution in [0.5, 0.6) is 5.75 Å². The third kappa shape index (κ3) is 6.47. The maximum atomic E-state index is 14.0. The van der Waals surface area contributed by atoms with E-state index in [1.54, 1.807) is 30.2 Å². The molecule has 1 aliphatic rings. The molecule has 0 unspecified atom stereocenters. The van der Waals surface area contributed by atoms with E-state index in [0.29, 0.717) is 62.7 Å². The van der Waals surface area contributed by atoms with Crippen LogP contribution >= 0.6 is 0 Å². The predicted octanol–water partition coefficient (Wildman–Crippen LogP) is 4.12. The van der Waals surface area contributed by atoms with Gasteiger partial charge in [0.1, 0.15) is 11.6 Å². The molecule has 0 aliphatic carbocycles. The zero-order chi connectivity index (χ0) is 24.6. The molecule has 35 heavy (non-hydrogen) atoms. The minimum atomic E-state index is -0.376. The lowest BCUT2D eigenvalue weighted by Crippen LogP contribution is -2.37. The first-order chi connectivity index (χ1) is 17.0. The van der Waals surface area contributed by atoms with E-state index in [-0.39, 0.29) is 24.1 Å². The van der Waals surface area contributed by atoms with Crippen molar-refractivity contribution in [3.63, 3.8) is 0 Å². The first-order valence-corrected chi connectivity index (χ1v) is 11.9. The molecule has 0 saturated carbocycles. The number of nitrogens with zero attached hydrogens (tertiary/aromatic N) is 3. The van der Waals surface area contributed by atoms with Gasteiger partial charge in [0.25, 0.3) is 0 Å². The zero-order valence-electron chi connectivity index (χ0n) is 19.9. The van der Waals surface area contributed by atoms with E-state index in [9.17, 15) is 14.0 Å². The number of methoxy groups -OCH3 is 1. The average Bonchev–Trinajstić information content (AvgIpc) is 3.21. The molecule has 184 valence electrons. The monoisotopic (exact) mass is 479 g/mol. The Balaban J connectivity index is 1.23. The fraction of sp³-hybridized carbons (Fsp3) is 0.370. The summed E-state index contributed by atoms with van der Waals surface area (Å²) in [4.78, 5) is 33.4. The van der Waals surface area contributed by atoms with Crippen LogP contribution in [0.3, 0.4) is 0 Å². The summed E-state index contributed by atoms with van der Waals surface area (Å²) in [6.45, 7) is 2.31. The molecule has 2 amide bonds. The van der Waals surface area contributed by atoms with Crippen molar-refractivity contribution in [1.82, 2.24) is 14.8 Å². The number of hydrogen-bond acceptors (Lipinski definition) is 5. The average molecular weight is 480 g/mol. The maximum Gasteiger partial charge on any atom is 0.223 e. The Morgan fingerprint density at radius 3 is 2.26 bits per heavy atom. The molecule has 0 atom stereocenters. The van der Waals surface area contributed by atoms with Crippen molar-refractivity contribution < 1.29 is 23.1 Å². The molecule has 0 spiro atoms. The number of carbonyl (C=O) groups is 2. The second-order valence-corrected chi connectivity index (χ2v) is 8.56. The molecule has 0 N–H and O–H groups in total. The topological polar surface area (TPSA) is 75.9 Å². The summed E-state index contributed by atoms with van der Waals surface area (Å²) in [7, 11) is 1.63. The first kappa shape index (κ1) is 24.4. The van der Waals surface area contributed by atoms with E-state index in [2.05, 4.69) is 4.98 Å². The lowest BCUT2D eigenvalue weighted by molar-refractivity contribution is -0.133. The molecule has 1 aromatic heterocycles. The Kier molecular flexibility index (Phi) is 8.13. The van der Waals surface area contributed by atoms with E-state index < -0.39 is 0 Å². The van der Waals surface area contributed by atoms with Gasteiger partial charge in [-0.1, -0.05) is 24.3 Å². The predicted molar refractivity (Wildman–Crippen MR) is 129 cm³/mol. The molecular formula is C27H30FN3O4. The summed E-state index contributed by atoms with van der Waals surface area (Å²) >= 11 is 0. The van der Waals surface area contributed by atoms with Crippen LogP contribution in [-0.4, -0.2) is 59.9 Å². The van der Waals surface area contributed by atoms with Crippen LogP contribution in [-0.2, 0) is 22.4 Å². The number of benzene rings is 2. The number of aromatic nitrogens is 1. The second kappa shape index (κ2) is 11.6. The van der Waals surface area contributed by atoms with Gasteiger partial charge in [-0.2, -0.15) is 0 Å². The highest BCUT2D eigenvalue weighted by atomic mass is 19.1. The molecule has 1 fully saturated rings. The molecular weight excluding hydrogens is 449 g/mol. The van der Waals surface area contributed by atoms with E-state index >= 15 is 0 Å². The highest BCUT2D eigenvalue weighted by molar-refractivity contribution is 5.78. The summed E-state index contributed by atoms with van der Waals surface area (Å²) in [5.41, 5.74) is 1.44. The van der Waals surface area contributed by atoms with Gasteiger partial charge in [-0.3, -0.25) is 9.59 Å². The number of rotatable bonds is 8. The van der Waals surface area contributed by atoms with Crippen molar-refractivity contribution in [1.29, 1.82) is 0 Å². The molecule has 3 aromatic rings. The van der Waals surface area contributed by atoms with Gasteiger partial charge in [0.15, 0.2) is 11.7 Å². The summed E-state index contributed by atoms with van der Waals surface area (Å²) in [6.07, 6.45) is 3.94. The van der Waals surface area contributed by atoms with Gasteiger partial charge in [0, 0.05) is 45.4 Å². The molecule has 4 rings (SSSR count). The maximum absolute atomic E-state index is 14.0. The van der Waals surface area contributed by atoms with Gasteiger partial charge in [-0.15, -0.1) is 0 Å². The number of carbonyl (C=O) groups excluding carboxylic acids is 2. The Morgan fingerprint density at radius 2 is 1.60 bits per heavy atom. The zero-order valence-corrected chi connectivity index (χ0v) is 19.9. The lowest BCUT2D eigenvalue weighted by atomic mass is 10.1. The Morgan fingerprint density at radius 1 is 0.943 bits per heavy atom. The minimum absolute atomic E-state index is 0.00294. The van der Waals surface area contributed by atoms with Gasteiger partial charge in [0.2, 0.25) is 11.8 Å². The van der Waals surface area contributed by atoms with Gasteiger partial charge < -0.3 is 19.0 Å². The number of oxazole rings is 1. The Bertz CT molecular complexity index is 1150. The van der Waals surface area contributed by atoms with Crippen LogP contribution in [0.1, 0.15) is 30.7 Å². The summed E-state index contributed by atoms with van der Waals surface area (Å²) in [6, 6.07) is 14.1. The quantitative estimate of drug-likeness (QED) is 0.486. The van der Waals surface area contributed by atoms with Gasteiger partial charge in [-0.25, -0.2) is 9.37 Å². The SMILES string of the molecule is COc1ccc(CCC(=O)N2CCCN(C(=O)CCc3ncc(-c4ccccc4F)o3)CC2)cc1. The molecule has 0 radical (unpaired) electrons. The molecule has 8 heteroatoms. The molecule has 2 heterocycles. The number of ether oxygens (including phenoxy) is 1.